The summed E-state index contributed by atoms with van der Waals surface area (Å²) in [5.41, 5.74) is 6.63. The van der Waals surface area contributed by atoms with E-state index in [4.69, 9.17) is 15.9 Å². The van der Waals surface area contributed by atoms with Gasteiger partial charge in [-0.15, -0.1) is 0 Å². The first-order valence-corrected chi connectivity index (χ1v) is 11.3. The first-order chi connectivity index (χ1) is 15.1. The lowest BCUT2D eigenvalue weighted by molar-refractivity contribution is -0.143. The van der Waals surface area contributed by atoms with Crippen LogP contribution in [0.4, 0.5) is 0 Å². The van der Waals surface area contributed by atoms with Crippen molar-refractivity contribution in [1.29, 1.82) is 0 Å². The van der Waals surface area contributed by atoms with Gasteiger partial charge in [0.1, 0.15) is 23.9 Å². The number of phenols is 1. The molecule has 0 spiro atoms. The molecule has 0 bridgehead atoms. The topological polar surface area (TPSA) is 191 Å². The van der Waals surface area contributed by atoms with Crippen molar-refractivity contribution in [3.8, 4) is 5.75 Å². The number of phenolic OH excluding ortho intramolecular Hbond substituents is 1. The Balaban J connectivity index is 2.69. The molecule has 3 amide bonds. The summed E-state index contributed by atoms with van der Waals surface area (Å²) >= 11 is 1.43. The van der Waals surface area contributed by atoms with Crippen LogP contribution in [0, 0.1) is 0 Å². The standard InChI is InChI=1S/C20H30N4O7S/c1-11(22-18(28)14(21)9-12-3-5-13(26)6-4-12)17(27)23-15(7-8-32-2)19(29)24-16(10-25)20(30)31/h3-6,11,14-16,25-26H,7-10,21H2,1-2H3,(H,22,28)(H,23,27)(H,24,29)(H,30,31). The van der Waals surface area contributed by atoms with Crippen LogP contribution in [0.1, 0.15) is 18.9 Å². The van der Waals surface area contributed by atoms with Crippen molar-refractivity contribution in [2.24, 2.45) is 5.73 Å². The highest BCUT2D eigenvalue weighted by molar-refractivity contribution is 7.98. The first kappa shape index (κ1) is 27.2. The molecule has 1 rings (SSSR count). The van der Waals surface area contributed by atoms with Crippen LogP contribution in [0.5, 0.6) is 5.75 Å². The minimum absolute atomic E-state index is 0.0887. The molecule has 4 atom stereocenters. The highest BCUT2D eigenvalue weighted by Gasteiger charge is 2.28. The number of thioether (sulfide) groups is 1. The van der Waals surface area contributed by atoms with Gasteiger partial charge in [-0.25, -0.2) is 4.79 Å². The van der Waals surface area contributed by atoms with E-state index in [1.165, 1.54) is 30.8 Å². The van der Waals surface area contributed by atoms with Crippen LogP contribution in [0.2, 0.25) is 0 Å². The number of carbonyl (C=O) groups excluding carboxylic acids is 3. The SMILES string of the molecule is CSCCC(NC(=O)C(C)NC(=O)C(N)Cc1ccc(O)cc1)C(=O)NC(CO)C(=O)O. The van der Waals surface area contributed by atoms with Crippen LogP contribution in [0.3, 0.4) is 0 Å². The Labute approximate surface area is 190 Å². The number of carboxylic acids is 1. The third kappa shape index (κ3) is 9.12. The number of hydrogen-bond acceptors (Lipinski definition) is 8. The molecule has 32 heavy (non-hydrogen) atoms. The average molecular weight is 471 g/mol. The fraction of sp³-hybridized carbons (Fsp3) is 0.500. The van der Waals surface area contributed by atoms with Gasteiger partial charge in [0.15, 0.2) is 0 Å². The molecule has 1 aromatic carbocycles. The first-order valence-electron chi connectivity index (χ1n) is 9.86. The van der Waals surface area contributed by atoms with Gasteiger partial charge < -0.3 is 37.0 Å². The lowest BCUT2D eigenvalue weighted by atomic mass is 10.1. The minimum Gasteiger partial charge on any atom is -0.508 e. The van der Waals surface area contributed by atoms with Gasteiger partial charge in [-0.05, 0) is 49.5 Å². The van der Waals surface area contributed by atoms with Crippen molar-refractivity contribution in [3.05, 3.63) is 29.8 Å². The number of aliphatic carboxylic acids is 1. The summed E-state index contributed by atoms with van der Waals surface area (Å²) in [7, 11) is 0. The maximum atomic E-state index is 12.5. The summed E-state index contributed by atoms with van der Waals surface area (Å²) < 4.78 is 0. The second kappa shape index (κ2) is 13.6. The summed E-state index contributed by atoms with van der Waals surface area (Å²) in [6, 6.07) is 1.72. The quantitative estimate of drug-likeness (QED) is 0.181. The Bertz CT molecular complexity index is 791. The second-order valence-electron chi connectivity index (χ2n) is 7.13. The average Bonchev–Trinajstić information content (AvgIpc) is 2.75. The highest BCUT2D eigenvalue weighted by atomic mass is 32.2. The summed E-state index contributed by atoms with van der Waals surface area (Å²) in [5, 5.41) is 34.5. The van der Waals surface area contributed by atoms with Gasteiger partial charge in [0.25, 0.3) is 0 Å². The number of nitrogens with one attached hydrogen (secondary N) is 3. The van der Waals surface area contributed by atoms with Gasteiger partial charge in [0, 0.05) is 0 Å². The molecule has 0 saturated carbocycles. The second-order valence-corrected chi connectivity index (χ2v) is 8.12. The van der Waals surface area contributed by atoms with E-state index >= 15 is 0 Å². The fourth-order valence-corrected chi connectivity index (χ4v) is 3.10. The molecule has 0 fully saturated rings. The van der Waals surface area contributed by atoms with Gasteiger partial charge in [-0.1, -0.05) is 12.1 Å². The van der Waals surface area contributed by atoms with Crippen LogP contribution >= 0.6 is 11.8 Å². The lowest BCUT2D eigenvalue weighted by Crippen LogP contribution is -2.57. The third-order valence-corrected chi connectivity index (χ3v) is 5.17. The Morgan fingerprint density at radius 2 is 1.59 bits per heavy atom. The van der Waals surface area contributed by atoms with Crippen molar-refractivity contribution in [2.75, 3.05) is 18.6 Å². The monoisotopic (exact) mass is 470 g/mol. The molecular weight excluding hydrogens is 440 g/mol. The van der Waals surface area contributed by atoms with E-state index in [2.05, 4.69) is 16.0 Å². The maximum Gasteiger partial charge on any atom is 0.328 e. The molecule has 12 heteroatoms. The highest BCUT2D eigenvalue weighted by Crippen LogP contribution is 2.11. The Morgan fingerprint density at radius 3 is 2.12 bits per heavy atom. The third-order valence-electron chi connectivity index (χ3n) is 4.52. The number of carbonyl (C=O) groups is 4. The number of amides is 3. The number of benzene rings is 1. The Morgan fingerprint density at radius 1 is 1.00 bits per heavy atom. The van der Waals surface area contributed by atoms with E-state index < -0.39 is 54.5 Å². The van der Waals surface area contributed by atoms with Crippen molar-refractivity contribution < 1.29 is 34.5 Å². The van der Waals surface area contributed by atoms with Crippen LogP contribution in [0.15, 0.2) is 24.3 Å². The number of carboxylic acid groups (broad SMARTS) is 1. The summed E-state index contributed by atoms with van der Waals surface area (Å²) in [4.78, 5) is 48.3. The van der Waals surface area contributed by atoms with E-state index in [1.54, 1.807) is 12.1 Å². The maximum absolute atomic E-state index is 12.5. The van der Waals surface area contributed by atoms with Gasteiger partial charge in [-0.3, -0.25) is 14.4 Å². The molecular formula is C20H30N4O7S. The number of aromatic hydroxyl groups is 1. The summed E-state index contributed by atoms with van der Waals surface area (Å²) in [6.45, 7) is 0.632. The summed E-state index contributed by atoms with van der Waals surface area (Å²) in [5.74, 6) is -2.78. The molecule has 0 aliphatic carbocycles. The Kier molecular flexibility index (Phi) is 11.5. The number of aliphatic hydroxyl groups is 1. The smallest absolute Gasteiger partial charge is 0.328 e. The van der Waals surface area contributed by atoms with Gasteiger partial charge in [0.2, 0.25) is 17.7 Å². The molecule has 0 saturated heterocycles. The van der Waals surface area contributed by atoms with Crippen molar-refractivity contribution in [2.45, 2.75) is 43.9 Å². The Hall–Kier alpha value is -2.83. The van der Waals surface area contributed by atoms with E-state index in [9.17, 15) is 24.3 Å². The zero-order chi connectivity index (χ0) is 24.3. The largest absolute Gasteiger partial charge is 0.508 e. The molecule has 0 heterocycles. The van der Waals surface area contributed by atoms with Crippen LogP contribution in [-0.4, -0.2) is 81.8 Å². The number of hydrogen-bond donors (Lipinski definition) is 7. The van der Waals surface area contributed by atoms with Crippen molar-refractivity contribution in [1.82, 2.24) is 16.0 Å². The minimum atomic E-state index is -1.49. The van der Waals surface area contributed by atoms with Gasteiger partial charge >= 0.3 is 5.97 Å². The molecule has 0 aliphatic heterocycles. The number of aliphatic hydroxyl groups excluding tert-OH is 1. The molecule has 1 aromatic rings. The zero-order valence-electron chi connectivity index (χ0n) is 17.9. The molecule has 11 nitrogen and oxygen atoms in total. The summed E-state index contributed by atoms with van der Waals surface area (Å²) in [6.07, 6.45) is 2.22. The van der Waals surface area contributed by atoms with Crippen LogP contribution in [0.25, 0.3) is 0 Å². The van der Waals surface area contributed by atoms with E-state index in [-0.39, 0.29) is 18.6 Å². The molecule has 8 N–H and O–H groups in total. The van der Waals surface area contributed by atoms with E-state index in [0.29, 0.717) is 5.75 Å². The van der Waals surface area contributed by atoms with Crippen LogP contribution < -0.4 is 21.7 Å². The zero-order valence-corrected chi connectivity index (χ0v) is 18.7. The van der Waals surface area contributed by atoms with Crippen molar-refractivity contribution >= 4 is 35.5 Å². The molecule has 0 aliphatic rings. The van der Waals surface area contributed by atoms with E-state index in [0.717, 1.165) is 5.56 Å². The van der Waals surface area contributed by atoms with Crippen molar-refractivity contribution in [3.63, 3.8) is 0 Å². The molecule has 4 unspecified atom stereocenters. The van der Waals surface area contributed by atoms with Gasteiger partial charge in [-0.2, -0.15) is 11.8 Å². The number of rotatable bonds is 13. The van der Waals surface area contributed by atoms with Gasteiger partial charge in [0.05, 0.1) is 12.6 Å². The normalized spacial score (nSPS) is 14.5. The molecule has 0 aromatic heterocycles. The predicted octanol–water partition coefficient (Wildman–Crippen LogP) is -1.43. The predicted molar refractivity (Wildman–Crippen MR) is 119 cm³/mol. The fourth-order valence-electron chi connectivity index (χ4n) is 2.62. The lowest BCUT2D eigenvalue weighted by Gasteiger charge is -2.23. The van der Waals surface area contributed by atoms with E-state index in [1.807, 2.05) is 6.26 Å². The molecule has 0 radical (unpaired) electrons. The number of nitrogens with two attached hydrogens (primary N) is 1. The van der Waals surface area contributed by atoms with Crippen LogP contribution in [-0.2, 0) is 25.6 Å². The molecule has 178 valence electrons.